The maximum absolute atomic E-state index is 12.8. The molecule has 2 aromatic carbocycles. The highest BCUT2D eigenvalue weighted by atomic mass is 16.5. The van der Waals surface area contributed by atoms with Gasteiger partial charge >= 0.3 is 0 Å². The van der Waals surface area contributed by atoms with Crippen molar-refractivity contribution < 1.29 is 18.7 Å². The zero-order chi connectivity index (χ0) is 22.0. The third-order valence-electron chi connectivity index (χ3n) is 5.95. The molecule has 0 saturated carbocycles. The number of amides is 2. The minimum atomic E-state index is -0.286. The molecule has 6 heteroatoms. The number of methoxy groups -OCH3 is 1. The van der Waals surface area contributed by atoms with Crippen LogP contribution in [0, 0.1) is 5.92 Å². The van der Waals surface area contributed by atoms with Gasteiger partial charge in [0.15, 0.2) is 0 Å². The predicted molar refractivity (Wildman–Crippen MR) is 120 cm³/mol. The fourth-order valence-electron chi connectivity index (χ4n) is 4.11. The van der Waals surface area contributed by atoms with Crippen LogP contribution in [0.4, 0.5) is 0 Å². The quantitative estimate of drug-likeness (QED) is 0.628. The Morgan fingerprint density at radius 1 is 1.16 bits per heavy atom. The Labute approximate surface area is 181 Å². The lowest BCUT2D eigenvalue weighted by Crippen LogP contribution is -2.41. The van der Waals surface area contributed by atoms with E-state index in [9.17, 15) is 9.59 Å². The first kappa shape index (κ1) is 20.7. The lowest BCUT2D eigenvalue weighted by molar-refractivity contribution is -0.130. The second-order valence-corrected chi connectivity index (χ2v) is 7.89. The first-order valence-electron chi connectivity index (χ1n) is 10.4. The topological polar surface area (TPSA) is 85.8 Å². The molecule has 2 amide bonds. The summed E-state index contributed by atoms with van der Waals surface area (Å²) < 4.78 is 11.4. The van der Waals surface area contributed by atoms with Crippen LogP contribution in [0.1, 0.15) is 25.3 Å². The van der Waals surface area contributed by atoms with Crippen molar-refractivity contribution in [1.29, 1.82) is 0 Å². The van der Waals surface area contributed by atoms with Crippen LogP contribution in [0.15, 0.2) is 59.2 Å². The van der Waals surface area contributed by atoms with Gasteiger partial charge in [-0.3, -0.25) is 9.59 Å². The summed E-state index contributed by atoms with van der Waals surface area (Å²) in [6, 6.07) is 13.9. The number of rotatable bonds is 5. The van der Waals surface area contributed by atoms with Crippen molar-refractivity contribution >= 4 is 28.4 Å². The Balaban J connectivity index is 1.64. The number of fused-ring (bicyclic) bond motifs is 1. The molecule has 0 spiro atoms. The van der Waals surface area contributed by atoms with Gasteiger partial charge in [-0.25, -0.2) is 0 Å². The summed E-state index contributed by atoms with van der Waals surface area (Å²) >= 11 is 0. The minimum Gasteiger partial charge on any atom is -0.496 e. The summed E-state index contributed by atoms with van der Waals surface area (Å²) in [6.07, 6.45) is 4.60. The summed E-state index contributed by atoms with van der Waals surface area (Å²) in [5, 5.41) is 0.962. The second kappa shape index (κ2) is 8.68. The molecule has 0 atom stereocenters. The van der Waals surface area contributed by atoms with Gasteiger partial charge in [-0.1, -0.05) is 30.3 Å². The standard InChI is InChI=1S/C25H26N2O4/c1-16(12-24(28)27-10-8-18(9-11-27)25(26)29)19-13-20-21(17-6-4-3-5-7-17)15-31-23(20)14-22(19)30-2/h3-7,12-15,18H,8-11H2,1-2H3,(H2,26,29)/b16-12+. The highest BCUT2D eigenvalue weighted by Gasteiger charge is 2.25. The van der Waals surface area contributed by atoms with Crippen molar-refractivity contribution in [3.63, 3.8) is 0 Å². The number of carbonyl (C=O) groups excluding carboxylic acids is 2. The maximum Gasteiger partial charge on any atom is 0.246 e. The smallest absolute Gasteiger partial charge is 0.246 e. The Bertz CT molecular complexity index is 1140. The summed E-state index contributed by atoms with van der Waals surface area (Å²) in [4.78, 5) is 26.0. The fourth-order valence-corrected chi connectivity index (χ4v) is 4.11. The predicted octanol–water partition coefficient (Wildman–Crippen LogP) is 4.24. The van der Waals surface area contributed by atoms with Crippen molar-refractivity contribution in [3.05, 3.63) is 60.4 Å². The number of allylic oxidation sites excluding steroid dienone is 1. The van der Waals surface area contributed by atoms with E-state index < -0.39 is 0 Å². The maximum atomic E-state index is 12.8. The van der Waals surface area contributed by atoms with E-state index in [1.165, 1.54) is 0 Å². The molecule has 6 nitrogen and oxygen atoms in total. The van der Waals surface area contributed by atoms with E-state index in [2.05, 4.69) is 0 Å². The van der Waals surface area contributed by atoms with Gasteiger partial charge in [0.1, 0.15) is 11.3 Å². The molecule has 1 aromatic heterocycles. The number of hydrogen-bond acceptors (Lipinski definition) is 4. The second-order valence-electron chi connectivity index (χ2n) is 7.89. The molecule has 2 heterocycles. The highest BCUT2D eigenvalue weighted by Crippen LogP contribution is 2.37. The number of likely N-dealkylation sites (tertiary alicyclic amines) is 1. The average molecular weight is 418 g/mol. The number of nitrogens with zero attached hydrogens (tertiary/aromatic N) is 1. The lowest BCUT2D eigenvalue weighted by Gasteiger charge is -2.30. The van der Waals surface area contributed by atoms with E-state index in [4.69, 9.17) is 14.9 Å². The van der Waals surface area contributed by atoms with Gasteiger partial charge in [-0.05, 0) is 37.0 Å². The number of furan rings is 1. The molecule has 0 unspecified atom stereocenters. The van der Waals surface area contributed by atoms with Crippen LogP contribution in [-0.2, 0) is 9.59 Å². The molecule has 1 aliphatic heterocycles. The first-order valence-corrected chi connectivity index (χ1v) is 10.4. The molecule has 2 N–H and O–H groups in total. The Kier molecular flexibility index (Phi) is 5.80. The van der Waals surface area contributed by atoms with E-state index in [1.807, 2.05) is 49.4 Å². The van der Waals surface area contributed by atoms with E-state index in [0.717, 1.165) is 33.2 Å². The van der Waals surface area contributed by atoms with Crippen LogP contribution >= 0.6 is 0 Å². The van der Waals surface area contributed by atoms with Gasteiger partial charge in [0.25, 0.3) is 0 Å². The summed E-state index contributed by atoms with van der Waals surface area (Å²) in [6.45, 7) is 2.97. The number of benzene rings is 2. The molecule has 0 aliphatic carbocycles. The molecule has 31 heavy (non-hydrogen) atoms. The van der Waals surface area contributed by atoms with E-state index >= 15 is 0 Å². The Hall–Kier alpha value is -3.54. The molecule has 160 valence electrons. The van der Waals surface area contributed by atoms with Crippen molar-refractivity contribution in [2.45, 2.75) is 19.8 Å². The van der Waals surface area contributed by atoms with Gasteiger partial charge in [0.05, 0.1) is 13.4 Å². The van der Waals surface area contributed by atoms with Crippen molar-refractivity contribution in [2.75, 3.05) is 20.2 Å². The minimum absolute atomic E-state index is 0.0713. The number of nitrogens with two attached hydrogens (primary N) is 1. The molecular formula is C25H26N2O4. The summed E-state index contributed by atoms with van der Waals surface area (Å²) in [5.41, 5.74) is 9.82. The largest absolute Gasteiger partial charge is 0.496 e. The Morgan fingerprint density at radius 2 is 1.87 bits per heavy atom. The number of piperidine rings is 1. The third kappa shape index (κ3) is 4.19. The number of ether oxygens (including phenoxy) is 1. The van der Waals surface area contributed by atoms with Crippen LogP contribution < -0.4 is 10.5 Å². The van der Waals surface area contributed by atoms with Gasteiger partial charge in [0.2, 0.25) is 11.8 Å². The van der Waals surface area contributed by atoms with Crippen LogP contribution in [0.25, 0.3) is 27.7 Å². The number of hydrogen-bond donors (Lipinski definition) is 1. The molecule has 1 aliphatic rings. The number of carbonyl (C=O) groups is 2. The molecule has 1 fully saturated rings. The SMILES string of the molecule is COc1cc2occ(-c3ccccc3)c2cc1/C(C)=C/C(=O)N1CCC(C(N)=O)CC1. The first-order chi connectivity index (χ1) is 15.0. The van der Waals surface area contributed by atoms with Gasteiger partial charge in [-0.15, -0.1) is 0 Å². The zero-order valence-corrected chi connectivity index (χ0v) is 17.8. The van der Waals surface area contributed by atoms with E-state index in [0.29, 0.717) is 31.7 Å². The van der Waals surface area contributed by atoms with Crippen LogP contribution in [0.5, 0.6) is 5.75 Å². The van der Waals surface area contributed by atoms with E-state index in [1.54, 1.807) is 24.3 Å². The summed E-state index contributed by atoms with van der Waals surface area (Å²) in [5.74, 6) is 0.147. The monoisotopic (exact) mass is 418 g/mol. The zero-order valence-electron chi connectivity index (χ0n) is 17.8. The van der Waals surface area contributed by atoms with Crippen LogP contribution in [-0.4, -0.2) is 36.9 Å². The normalized spacial score (nSPS) is 15.3. The van der Waals surface area contributed by atoms with E-state index in [-0.39, 0.29) is 17.7 Å². The fraction of sp³-hybridized carbons (Fsp3) is 0.280. The van der Waals surface area contributed by atoms with Gasteiger partial charge < -0.3 is 19.8 Å². The molecule has 0 radical (unpaired) electrons. The molecule has 4 rings (SSSR count). The lowest BCUT2D eigenvalue weighted by atomic mass is 9.96. The highest BCUT2D eigenvalue weighted by molar-refractivity contribution is 6.00. The van der Waals surface area contributed by atoms with Crippen molar-refractivity contribution in [3.8, 4) is 16.9 Å². The van der Waals surface area contributed by atoms with Crippen LogP contribution in [0.3, 0.4) is 0 Å². The molecular weight excluding hydrogens is 392 g/mol. The number of primary amides is 1. The third-order valence-corrected chi connectivity index (χ3v) is 5.95. The average Bonchev–Trinajstić information content (AvgIpc) is 3.21. The van der Waals surface area contributed by atoms with Crippen molar-refractivity contribution in [1.82, 2.24) is 4.90 Å². The van der Waals surface area contributed by atoms with Gasteiger partial charge in [-0.2, -0.15) is 0 Å². The van der Waals surface area contributed by atoms with Crippen LogP contribution in [0.2, 0.25) is 0 Å². The molecule has 0 bridgehead atoms. The Morgan fingerprint density at radius 3 is 2.52 bits per heavy atom. The van der Waals surface area contributed by atoms with Gasteiger partial charge in [0, 0.05) is 47.7 Å². The molecule has 1 saturated heterocycles. The molecule has 3 aromatic rings. The van der Waals surface area contributed by atoms with Crippen molar-refractivity contribution in [2.24, 2.45) is 11.7 Å². The summed E-state index contributed by atoms with van der Waals surface area (Å²) in [7, 11) is 1.61.